The average Bonchev–Trinajstić information content (AvgIpc) is 2.20. The Labute approximate surface area is 109 Å². The Morgan fingerprint density at radius 3 is 2.61 bits per heavy atom. The molecule has 1 aromatic rings. The molecule has 18 heavy (non-hydrogen) atoms. The Morgan fingerprint density at radius 1 is 1.44 bits per heavy atom. The molecule has 1 fully saturated rings. The maximum atomic E-state index is 13.1. The summed E-state index contributed by atoms with van der Waals surface area (Å²) in [4.78, 5) is -0.260. The van der Waals surface area contributed by atoms with E-state index >= 15 is 0 Å². The molecule has 0 saturated heterocycles. The van der Waals surface area contributed by atoms with Gasteiger partial charge in [0.1, 0.15) is 10.7 Å². The summed E-state index contributed by atoms with van der Waals surface area (Å²) in [6.07, 6.45) is 0.229. The molecule has 0 aromatic heterocycles. The van der Waals surface area contributed by atoms with E-state index in [9.17, 15) is 12.8 Å². The van der Waals surface area contributed by atoms with Crippen molar-refractivity contribution >= 4 is 27.3 Å². The number of anilines is 1. The number of halogens is 2. The number of nitrogen functional groups attached to an aromatic ring is 1. The molecule has 0 aliphatic heterocycles. The molecule has 0 radical (unpaired) electrons. The molecule has 0 bridgehead atoms. The number of hydrogen-bond acceptors (Lipinski definition) is 4. The van der Waals surface area contributed by atoms with E-state index < -0.39 is 21.9 Å². The number of nitrogens with one attached hydrogen (secondary N) is 1. The third kappa shape index (κ3) is 2.59. The first-order valence-corrected chi connectivity index (χ1v) is 7.10. The van der Waals surface area contributed by atoms with Crippen molar-refractivity contribution in [2.75, 3.05) is 5.73 Å². The Morgan fingerprint density at radius 2 is 2.06 bits per heavy atom. The van der Waals surface area contributed by atoms with Crippen LogP contribution >= 0.6 is 11.6 Å². The standard InChI is InChI=1S/C10H12ClFN2O3S/c11-7-3-8(12)9(13)4-10(7)18(16,17)14-5-1-6(15)2-5/h3-6,14-15H,1-2,13H2. The van der Waals surface area contributed by atoms with Crippen LogP contribution in [0.1, 0.15) is 12.8 Å². The topological polar surface area (TPSA) is 92.4 Å². The molecular formula is C10H12ClFN2O3S. The zero-order valence-corrected chi connectivity index (χ0v) is 10.8. The van der Waals surface area contributed by atoms with Gasteiger partial charge in [0.25, 0.3) is 0 Å². The van der Waals surface area contributed by atoms with Crippen LogP contribution in [0, 0.1) is 5.82 Å². The third-order valence-corrected chi connectivity index (χ3v) is 4.76. The van der Waals surface area contributed by atoms with Gasteiger partial charge in [-0.2, -0.15) is 0 Å². The summed E-state index contributed by atoms with van der Waals surface area (Å²) in [6, 6.07) is 1.52. The largest absolute Gasteiger partial charge is 0.396 e. The molecule has 1 aromatic carbocycles. The number of aliphatic hydroxyl groups is 1. The summed E-state index contributed by atoms with van der Waals surface area (Å²) in [7, 11) is -3.85. The number of sulfonamides is 1. The van der Waals surface area contributed by atoms with Crippen molar-refractivity contribution in [2.45, 2.75) is 29.9 Å². The maximum Gasteiger partial charge on any atom is 0.242 e. The van der Waals surface area contributed by atoms with Crippen LogP contribution < -0.4 is 10.5 Å². The molecule has 1 saturated carbocycles. The normalized spacial score (nSPS) is 23.7. The molecule has 0 amide bonds. The van der Waals surface area contributed by atoms with Crippen LogP contribution in [-0.2, 0) is 10.0 Å². The van der Waals surface area contributed by atoms with Gasteiger partial charge in [0.2, 0.25) is 10.0 Å². The van der Waals surface area contributed by atoms with E-state index in [2.05, 4.69) is 4.72 Å². The van der Waals surface area contributed by atoms with Gasteiger partial charge in [-0.3, -0.25) is 0 Å². The van der Waals surface area contributed by atoms with E-state index in [1.54, 1.807) is 0 Å². The lowest BCUT2D eigenvalue weighted by molar-refractivity contribution is 0.0712. The second-order valence-electron chi connectivity index (χ2n) is 4.25. The molecule has 0 spiro atoms. The van der Waals surface area contributed by atoms with Crippen LogP contribution in [0.25, 0.3) is 0 Å². The van der Waals surface area contributed by atoms with Crippen molar-refractivity contribution in [3.63, 3.8) is 0 Å². The lowest BCUT2D eigenvalue weighted by Gasteiger charge is -2.31. The third-order valence-electron chi connectivity index (χ3n) is 2.78. The van der Waals surface area contributed by atoms with Crippen molar-refractivity contribution in [3.05, 3.63) is 23.0 Å². The molecule has 100 valence electrons. The summed E-state index contributed by atoms with van der Waals surface area (Å²) in [5, 5.41) is 8.86. The highest BCUT2D eigenvalue weighted by Crippen LogP contribution is 2.28. The summed E-state index contributed by atoms with van der Waals surface area (Å²) in [5.41, 5.74) is 5.04. The lowest BCUT2D eigenvalue weighted by atomic mass is 9.91. The molecule has 1 aliphatic rings. The number of aliphatic hydroxyl groups excluding tert-OH is 1. The van der Waals surface area contributed by atoms with Crippen molar-refractivity contribution in [3.8, 4) is 0 Å². The lowest BCUT2D eigenvalue weighted by Crippen LogP contribution is -2.46. The van der Waals surface area contributed by atoms with Crippen LogP contribution in [-0.4, -0.2) is 25.7 Å². The van der Waals surface area contributed by atoms with E-state index in [1.807, 2.05) is 0 Å². The molecule has 5 nitrogen and oxygen atoms in total. The number of hydrogen-bond donors (Lipinski definition) is 3. The number of benzene rings is 1. The molecule has 0 heterocycles. The Kier molecular flexibility index (Phi) is 3.50. The zero-order valence-electron chi connectivity index (χ0n) is 9.23. The summed E-state index contributed by atoms with van der Waals surface area (Å²) < 4.78 is 39.4. The molecule has 4 N–H and O–H groups in total. The molecule has 1 aliphatic carbocycles. The predicted octanol–water partition coefficient (Wildman–Crippen LogP) is 0.863. The smallest absolute Gasteiger partial charge is 0.242 e. The minimum Gasteiger partial charge on any atom is -0.396 e. The molecule has 0 unspecified atom stereocenters. The second-order valence-corrected chi connectivity index (χ2v) is 6.34. The summed E-state index contributed by atoms with van der Waals surface area (Å²) >= 11 is 5.70. The van der Waals surface area contributed by atoms with Gasteiger partial charge in [0.05, 0.1) is 16.8 Å². The Balaban J connectivity index is 2.27. The van der Waals surface area contributed by atoms with Gasteiger partial charge >= 0.3 is 0 Å². The van der Waals surface area contributed by atoms with Crippen molar-refractivity contribution < 1.29 is 17.9 Å². The number of nitrogens with two attached hydrogens (primary N) is 1. The van der Waals surface area contributed by atoms with E-state index in [0.717, 1.165) is 12.1 Å². The first-order chi connectivity index (χ1) is 8.29. The molecular weight excluding hydrogens is 283 g/mol. The first kappa shape index (κ1) is 13.5. The Bertz CT molecular complexity index is 573. The number of rotatable bonds is 3. The fraction of sp³-hybridized carbons (Fsp3) is 0.400. The molecule has 8 heteroatoms. The van der Waals surface area contributed by atoms with Crippen LogP contribution in [0.3, 0.4) is 0 Å². The van der Waals surface area contributed by atoms with Crippen molar-refractivity contribution in [1.29, 1.82) is 0 Å². The van der Waals surface area contributed by atoms with Crippen LogP contribution in [0.15, 0.2) is 17.0 Å². The monoisotopic (exact) mass is 294 g/mol. The van der Waals surface area contributed by atoms with Gasteiger partial charge < -0.3 is 10.8 Å². The van der Waals surface area contributed by atoms with Crippen molar-refractivity contribution in [1.82, 2.24) is 4.72 Å². The quantitative estimate of drug-likeness (QED) is 0.721. The highest BCUT2D eigenvalue weighted by atomic mass is 35.5. The van der Waals surface area contributed by atoms with Crippen LogP contribution in [0.2, 0.25) is 5.02 Å². The highest BCUT2D eigenvalue weighted by Gasteiger charge is 2.32. The van der Waals surface area contributed by atoms with E-state index in [1.165, 1.54) is 0 Å². The van der Waals surface area contributed by atoms with E-state index in [4.69, 9.17) is 22.4 Å². The average molecular weight is 295 g/mol. The van der Waals surface area contributed by atoms with Gasteiger partial charge in [-0.15, -0.1) is 0 Å². The maximum absolute atomic E-state index is 13.1. The van der Waals surface area contributed by atoms with Crippen LogP contribution in [0.4, 0.5) is 10.1 Å². The fourth-order valence-corrected chi connectivity index (χ4v) is 3.53. The first-order valence-electron chi connectivity index (χ1n) is 5.24. The summed E-state index contributed by atoms with van der Waals surface area (Å²) in [6.45, 7) is 0. The molecule has 0 atom stereocenters. The molecule has 2 rings (SSSR count). The summed E-state index contributed by atoms with van der Waals surface area (Å²) in [5.74, 6) is -0.766. The van der Waals surface area contributed by atoms with Crippen molar-refractivity contribution in [2.24, 2.45) is 0 Å². The fourth-order valence-electron chi connectivity index (χ4n) is 1.72. The Hall–Kier alpha value is -0.890. The van der Waals surface area contributed by atoms with Gasteiger partial charge in [-0.1, -0.05) is 11.6 Å². The highest BCUT2D eigenvalue weighted by molar-refractivity contribution is 7.89. The van der Waals surface area contributed by atoms with E-state index in [0.29, 0.717) is 12.8 Å². The van der Waals surface area contributed by atoms with Gasteiger partial charge in [-0.05, 0) is 25.0 Å². The second kappa shape index (κ2) is 4.65. The van der Waals surface area contributed by atoms with Gasteiger partial charge in [-0.25, -0.2) is 17.5 Å². The van der Waals surface area contributed by atoms with Gasteiger partial charge in [0.15, 0.2) is 0 Å². The SMILES string of the molecule is Nc1cc(S(=O)(=O)NC2CC(O)C2)c(Cl)cc1F. The minimum atomic E-state index is -3.85. The van der Waals surface area contributed by atoms with E-state index in [-0.39, 0.29) is 21.6 Å². The van der Waals surface area contributed by atoms with Gasteiger partial charge in [0, 0.05) is 6.04 Å². The minimum absolute atomic E-state index is 0.228. The predicted molar refractivity (Wildman–Crippen MR) is 65.2 cm³/mol. The van der Waals surface area contributed by atoms with Crippen LogP contribution in [0.5, 0.6) is 0 Å². The zero-order chi connectivity index (χ0) is 13.5.